The molecule has 0 aromatic rings. The first kappa shape index (κ1) is 33.6. The lowest BCUT2D eigenvalue weighted by atomic mass is 9.74. The molecule has 2 heterocycles. The molecule has 42 heavy (non-hydrogen) atoms. The van der Waals surface area contributed by atoms with Gasteiger partial charge in [0.1, 0.15) is 17.7 Å². The van der Waals surface area contributed by atoms with Crippen molar-refractivity contribution in [3.05, 3.63) is 25.3 Å². The molecule has 1 aliphatic carbocycles. The second kappa shape index (κ2) is 14.1. The Morgan fingerprint density at radius 3 is 2.38 bits per heavy atom. The lowest BCUT2D eigenvalue weighted by molar-refractivity contribution is -0.143. The Morgan fingerprint density at radius 1 is 1.10 bits per heavy atom. The summed E-state index contributed by atoms with van der Waals surface area (Å²) < 4.78 is 5.51. The summed E-state index contributed by atoms with van der Waals surface area (Å²) in [6.07, 6.45) is 7.60. The van der Waals surface area contributed by atoms with E-state index >= 15 is 0 Å². The quantitative estimate of drug-likeness (QED) is 0.336. The fourth-order valence-corrected chi connectivity index (χ4v) is 6.43. The number of fused-ring (bicyclic) bond motifs is 2. The van der Waals surface area contributed by atoms with Crippen LogP contribution < -0.4 is 16.0 Å². The molecule has 7 atom stereocenters. The molecule has 1 saturated carbocycles. The number of nitrogens with zero attached hydrogens (tertiary/aromatic N) is 1. The van der Waals surface area contributed by atoms with Gasteiger partial charge in [-0.3, -0.25) is 14.4 Å². The summed E-state index contributed by atoms with van der Waals surface area (Å²) in [6, 6.07) is -2.48. The van der Waals surface area contributed by atoms with Gasteiger partial charge in [0.15, 0.2) is 6.10 Å². The summed E-state index contributed by atoms with van der Waals surface area (Å²) in [5.41, 5.74) is -1.20. The third-order valence-electron chi connectivity index (χ3n) is 9.01. The zero-order chi connectivity index (χ0) is 31.2. The Balaban J connectivity index is 1.96. The minimum Gasteiger partial charge on any atom is -0.444 e. The molecule has 3 rings (SSSR count). The van der Waals surface area contributed by atoms with Gasteiger partial charge in [-0.15, -0.1) is 13.2 Å². The molecule has 2 aliphatic heterocycles. The van der Waals surface area contributed by atoms with Gasteiger partial charge < -0.3 is 30.7 Å². The molecule has 4 N–H and O–H groups in total. The van der Waals surface area contributed by atoms with E-state index in [1.165, 1.54) is 6.08 Å². The fourth-order valence-electron chi connectivity index (χ4n) is 6.43. The first-order valence-corrected chi connectivity index (χ1v) is 15.5. The van der Waals surface area contributed by atoms with Crippen molar-refractivity contribution in [2.45, 2.75) is 116 Å². The normalized spacial score (nSPS) is 29.9. The molecule has 10 heteroatoms. The zero-order valence-corrected chi connectivity index (χ0v) is 26.1. The van der Waals surface area contributed by atoms with Crippen molar-refractivity contribution in [1.82, 2.24) is 20.9 Å². The Kier molecular flexibility index (Phi) is 11.3. The van der Waals surface area contributed by atoms with E-state index in [2.05, 4.69) is 29.1 Å². The van der Waals surface area contributed by atoms with Gasteiger partial charge in [-0.05, 0) is 63.2 Å². The molecule has 0 spiro atoms. The number of carbonyl (C=O) groups is 4. The van der Waals surface area contributed by atoms with Crippen molar-refractivity contribution < 1.29 is 29.0 Å². The third kappa shape index (κ3) is 8.58. The summed E-state index contributed by atoms with van der Waals surface area (Å²) in [5.74, 6) is -1.25. The summed E-state index contributed by atoms with van der Waals surface area (Å²) >= 11 is 0. The van der Waals surface area contributed by atoms with Gasteiger partial charge in [-0.2, -0.15) is 0 Å². The maximum atomic E-state index is 14.3. The molecule has 4 amide bonds. The van der Waals surface area contributed by atoms with E-state index in [9.17, 15) is 24.3 Å². The third-order valence-corrected chi connectivity index (χ3v) is 9.01. The lowest BCUT2D eigenvalue weighted by Crippen LogP contribution is -2.59. The maximum absolute atomic E-state index is 14.3. The SMILES string of the molecule is C=CCNC(=O)C(O)[C@@H]1CCCCCCC2CC2[C@H](NC(=O)OC(C)(C)C)C(=O)N2CC[C@H](C(C)(C)C=C)[C@H]2C(=O)N1. The minimum atomic E-state index is -1.45. The monoisotopic (exact) mass is 588 g/mol. The predicted molar refractivity (Wildman–Crippen MR) is 161 cm³/mol. The van der Waals surface area contributed by atoms with Gasteiger partial charge in [-0.1, -0.05) is 58.1 Å². The van der Waals surface area contributed by atoms with Crippen LogP contribution in [0.1, 0.15) is 86.0 Å². The van der Waals surface area contributed by atoms with Gasteiger partial charge in [0.05, 0.1) is 6.04 Å². The topological polar surface area (TPSA) is 137 Å². The highest BCUT2D eigenvalue weighted by Gasteiger charge is 2.53. The number of hydrogen-bond acceptors (Lipinski definition) is 6. The van der Waals surface area contributed by atoms with E-state index in [1.54, 1.807) is 31.7 Å². The first-order chi connectivity index (χ1) is 19.7. The molecule has 3 unspecified atom stereocenters. The number of aliphatic hydroxyl groups is 1. The van der Waals surface area contributed by atoms with Gasteiger partial charge in [0, 0.05) is 13.1 Å². The van der Waals surface area contributed by atoms with E-state index in [1.807, 2.05) is 13.8 Å². The summed E-state index contributed by atoms with van der Waals surface area (Å²) in [6.45, 7) is 17.4. The van der Waals surface area contributed by atoms with Crippen LogP contribution >= 0.6 is 0 Å². The van der Waals surface area contributed by atoms with Crippen molar-refractivity contribution in [3.63, 3.8) is 0 Å². The van der Waals surface area contributed by atoms with E-state index in [-0.39, 0.29) is 24.3 Å². The number of aliphatic hydroxyl groups excluding tert-OH is 1. The van der Waals surface area contributed by atoms with Crippen molar-refractivity contribution in [3.8, 4) is 0 Å². The van der Waals surface area contributed by atoms with Crippen LogP contribution in [0.15, 0.2) is 25.3 Å². The second-order valence-electron chi connectivity index (χ2n) is 13.8. The van der Waals surface area contributed by atoms with Crippen molar-refractivity contribution in [2.24, 2.45) is 23.2 Å². The van der Waals surface area contributed by atoms with Crippen LogP contribution in [0.2, 0.25) is 0 Å². The first-order valence-electron chi connectivity index (χ1n) is 15.5. The van der Waals surface area contributed by atoms with Gasteiger partial charge in [0.25, 0.3) is 5.91 Å². The Morgan fingerprint density at radius 2 is 1.76 bits per heavy atom. The van der Waals surface area contributed by atoms with Crippen LogP contribution in [0.4, 0.5) is 4.79 Å². The molecule has 10 nitrogen and oxygen atoms in total. The summed E-state index contributed by atoms with van der Waals surface area (Å²) in [7, 11) is 0. The largest absolute Gasteiger partial charge is 0.444 e. The number of ether oxygens (including phenoxy) is 1. The minimum absolute atomic E-state index is 0.0200. The molecular weight excluding hydrogens is 536 g/mol. The van der Waals surface area contributed by atoms with Crippen LogP contribution in [0.25, 0.3) is 0 Å². The number of rotatable bonds is 7. The number of allylic oxidation sites excluding steroid dienone is 1. The van der Waals surface area contributed by atoms with E-state index < -0.39 is 53.2 Å². The Labute approximate surface area is 251 Å². The van der Waals surface area contributed by atoms with E-state index in [0.29, 0.717) is 25.3 Å². The molecule has 0 aromatic carbocycles. The average molecular weight is 589 g/mol. The van der Waals surface area contributed by atoms with Gasteiger partial charge in [0.2, 0.25) is 11.8 Å². The standard InChI is InChI=1S/C32H52N4O6/c1-8-17-33-28(39)26(37)23-15-13-11-10-12-14-20-19-21(20)24(35-30(41)42-31(3,4)5)29(40)36-18-16-22(32(6,7)9-2)25(36)27(38)34-23/h8-9,20-26,37H,1-2,10-19H2,3-7H3,(H,33,39)(H,34,38)(H,35,41)/t20?,21?,22-,23-,24-,25-,26?/m0/s1. The highest BCUT2D eigenvalue weighted by Crippen LogP contribution is 2.47. The molecule has 0 radical (unpaired) electrons. The molecule has 236 valence electrons. The molecule has 3 aliphatic rings. The molecule has 0 bridgehead atoms. The zero-order valence-electron chi connectivity index (χ0n) is 26.1. The summed E-state index contributed by atoms with van der Waals surface area (Å²) in [5, 5.41) is 19.4. The highest BCUT2D eigenvalue weighted by molar-refractivity contribution is 5.93. The highest BCUT2D eigenvalue weighted by atomic mass is 16.6. The summed E-state index contributed by atoms with van der Waals surface area (Å²) in [4.78, 5) is 55.5. The molecular formula is C32H52N4O6. The van der Waals surface area contributed by atoms with Crippen molar-refractivity contribution in [1.29, 1.82) is 0 Å². The second-order valence-corrected chi connectivity index (χ2v) is 13.8. The van der Waals surface area contributed by atoms with Crippen molar-refractivity contribution >= 4 is 23.8 Å². The van der Waals surface area contributed by atoms with Crippen LogP contribution in [-0.4, -0.2) is 76.7 Å². The number of nitrogens with one attached hydrogen (secondary N) is 3. The lowest BCUT2D eigenvalue weighted by Gasteiger charge is -2.37. The number of alkyl carbamates (subject to hydrolysis) is 1. The van der Waals surface area contributed by atoms with E-state index in [4.69, 9.17) is 4.74 Å². The smallest absolute Gasteiger partial charge is 0.408 e. The van der Waals surface area contributed by atoms with Crippen LogP contribution in [0.3, 0.4) is 0 Å². The maximum Gasteiger partial charge on any atom is 0.408 e. The number of amides is 4. The van der Waals surface area contributed by atoms with E-state index in [0.717, 1.165) is 38.5 Å². The fraction of sp³-hybridized carbons (Fsp3) is 0.750. The van der Waals surface area contributed by atoms with Crippen LogP contribution in [0, 0.1) is 23.2 Å². The van der Waals surface area contributed by atoms with Gasteiger partial charge in [-0.25, -0.2) is 4.79 Å². The Bertz CT molecular complexity index is 1020. The van der Waals surface area contributed by atoms with Crippen LogP contribution in [-0.2, 0) is 19.1 Å². The average Bonchev–Trinajstić information content (AvgIpc) is 3.53. The van der Waals surface area contributed by atoms with Gasteiger partial charge >= 0.3 is 6.09 Å². The predicted octanol–water partition coefficient (Wildman–Crippen LogP) is 3.45. The number of hydrogen-bond donors (Lipinski definition) is 4. The number of carbonyl (C=O) groups excluding carboxylic acids is 4. The molecule has 0 aromatic heterocycles. The van der Waals surface area contributed by atoms with Crippen LogP contribution in [0.5, 0.6) is 0 Å². The molecule has 3 fully saturated rings. The Hall–Kier alpha value is -2.88. The van der Waals surface area contributed by atoms with Crippen molar-refractivity contribution in [2.75, 3.05) is 13.1 Å². The molecule has 2 saturated heterocycles.